The number of piperazine rings is 1. The van der Waals surface area contributed by atoms with Gasteiger partial charge in [-0.15, -0.1) is 0 Å². The number of rotatable bonds is 4. The van der Waals surface area contributed by atoms with Crippen molar-refractivity contribution >= 4 is 5.91 Å². The zero-order valence-electron chi connectivity index (χ0n) is 8.21. The van der Waals surface area contributed by atoms with Gasteiger partial charge in [-0.2, -0.15) is 0 Å². The lowest BCUT2D eigenvalue weighted by molar-refractivity contribution is -0.132. The molecule has 0 atom stereocenters. The molecule has 1 N–H and O–H groups in total. The Kier molecular flexibility index (Phi) is 4.78. The predicted octanol–water partition coefficient (Wildman–Crippen LogP) is -0.155. The van der Waals surface area contributed by atoms with Gasteiger partial charge < -0.3 is 15.0 Å². The van der Waals surface area contributed by atoms with E-state index in [0.717, 1.165) is 26.2 Å². The lowest BCUT2D eigenvalue weighted by atomic mass is 10.3. The molecule has 1 heterocycles. The summed E-state index contributed by atoms with van der Waals surface area (Å²) < 4.78 is 5.13. The highest BCUT2D eigenvalue weighted by Crippen LogP contribution is 1.97. The van der Waals surface area contributed by atoms with Crippen molar-refractivity contribution in [2.45, 2.75) is 13.3 Å². The van der Waals surface area contributed by atoms with Crippen molar-refractivity contribution < 1.29 is 9.53 Å². The molecule has 0 radical (unpaired) electrons. The van der Waals surface area contributed by atoms with Crippen LogP contribution in [0.1, 0.15) is 13.3 Å². The molecule has 1 amide bonds. The number of nitrogens with zero attached hydrogens (tertiary/aromatic N) is 1. The fraction of sp³-hybridized carbons (Fsp3) is 0.889. The lowest BCUT2D eigenvalue weighted by Crippen LogP contribution is -2.46. The van der Waals surface area contributed by atoms with Crippen LogP contribution in [-0.2, 0) is 9.53 Å². The first-order chi connectivity index (χ1) is 6.34. The zero-order valence-corrected chi connectivity index (χ0v) is 8.21. The van der Waals surface area contributed by atoms with Crippen LogP contribution in [0.15, 0.2) is 0 Å². The normalized spacial score (nSPS) is 17.5. The minimum absolute atomic E-state index is 0.218. The number of carbonyl (C=O) groups is 1. The van der Waals surface area contributed by atoms with E-state index in [1.165, 1.54) is 0 Å². The standard InChI is InChI=1S/C9H18N2O2/c1-2-13-8-3-9(12)11-6-4-10-5-7-11/h10H,2-8H2,1H3. The molecule has 13 heavy (non-hydrogen) atoms. The molecule has 1 aliphatic rings. The van der Waals surface area contributed by atoms with Crippen molar-refractivity contribution in [2.75, 3.05) is 39.4 Å². The Labute approximate surface area is 79.2 Å². The Hall–Kier alpha value is -0.610. The van der Waals surface area contributed by atoms with Crippen molar-refractivity contribution in [3.63, 3.8) is 0 Å². The summed E-state index contributed by atoms with van der Waals surface area (Å²) in [5.41, 5.74) is 0. The third kappa shape index (κ3) is 3.74. The van der Waals surface area contributed by atoms with E-state index in [0.29, 0.717) is 19.6 Å². The molecule has 0 aromatic heterocycles. The monoisotopic (exact) mass is 186 g/mol. The van der Waals surface area contributed by atoms with Gasteiger partial charge in [0.15, 0.2) is 0 Å². The molecule has 0 bridgehead atoms. The summed E-state index contributed by atoms with van der Waals surface area (Å²) in [4.78, 5) is 13.4. The van der Waals surface area contributed by atoms with Gasteiger partial charge in [0.2, 0.25) is 5.91 Å². The predicted molar refractivity (Wildman–Crippen MR) is 50.6 cm³/mol. The fourth-order valence-corrected chi connectivity index (χ4v) is 1.38. The van der Waals surface area contributed by atoms with Gasteiger partial charge in [-0.25, -0.2) is 0 Å². The molecular formula is C9H18N2O2. The van der Waals surface area contributed by atoms with Crippen molar-refractivity contribution in [1.82, 2.24) is 10.2 Å². The van der Waals surface area contributed by atoms with E-state index in [1.54, 1.807) is 0 Å². The van der Waals surface area contributed by atoms with Crippen molar-refractivity contribution in [3.8, 4) is 0 Å². The van der Waals surface area contributed by atoms with Crippen LogP contribution in [0.3, 0.4) is 0 Å². The van der Waals surface area contributed by atoms with Crippen LogP contribution >= 0.6 is 0 Å². The van der Waals surface area contributed by atoms with Gasteiger partial charge in [0.1, 0.15) is 0 Å². The molecule has 1 saturated heterocycles. The molecule has 1 rings (SSSR count). The molecule has 1 fully saturated rings. The van der Waals surface area contributed by atoms with E-state index in [1.807, 2.05) is 11.8 Å². The average molecular weight is 186 g/mol. The largest absolute Gasteiger partial charge is 0.381 e. The van der Waals surface area contributed by atoms with Crippen LogP contribution in [0.4, 0.5) is 0 Å². The molecular weight excluding hydrogens is 168 g/mol. The first-order valence-corrected chi connectivity index (χ1v) is 4.91. The van der Waals surface area contributed by atoms with E-state index < -0.39 is 0 Å². The minimum atomic E-state index is 0.218. The summed E-state index contributed by atoms with van der Waals surface area (Å²) in [6.07, 6.45) is 0.522. The minimum Gasteiger partial charge on any atom is -0.381 e. The van der Waals surface area contributed by atoms with Crippen LogP contribution in [-0.4, -0.2) is 50.2 Å². The highest BCUT2D eigenvalue weighted by molar-refractivity contribution is 5.76. The van der Waals surface area contributed by atoms with Crippen LogP contribution in [0, 0.1) is 0 Å². The third-order valence-electron chi connectivity index (χ3n) is 2.13. The van der Waals surface area contributed by atoms with E-state index in [2.05, 4.69) is 5.32 Å². The smallest absolute Gasteiger partial charge is 0.224 e. The molecule has 0 spiro atoms. The number of hydrogen-bond acceptors (Lipinski definition) is 3. The Balaban J connectivity index is 2.13. The van der Waals surface area contributed by atoms with Crippen LogP contribution in [0.25, 0.3) is 0 Å². The molecule has 1 aliphatic heterocycles. The van der Waals surface area contributed by atoms with E-state index >= 15 is 0 Å². The maximum Gasteiger partial charge on any atom is 0.224 e. The van der Waals surface area contributed by atoms with E-state index in [9.17, 15) is 4.79 Å². The van der Waals surface area contributed by atoms with Gasteiger partial charge in [0.25, 0.3) is 0 Å². The Morgan fingerprint density at radius 1 is 1.46 bits per heavy atom. The van der Waals surface area contributed by atoms with Gasteiger partial charge >= 0.3 is 0 Å². The third-order valence-corrected chi connectivity index (χ3v) is 2.13. The highest BCUT2D eigenvalue weighted by Gasteiger charge is 2.14. The number of hydrogen-bond donors (Lipinski definition) is 1. The number of carbonyl (C=O) groups excluding carboxylic acids is 1. The van der Waals surface area contributed by atoms with Crippen LogP contribution in [0.2, 0.25) is 0 Å². The van der Waals surface area contributed by atoms with Gasteiger partial charge in [-0.3, -0.25) is 4.79 Å². The number of nitrogens with one attached hydrogen (secondary N) is 1. The summed E-state index contributed by atoms with van der Waals surface area (Å²) in [7, 11) is 0. The topological polar surface area (TPSA) is 41.6 Å². The molecule has 0 aromatic carbocycles. The van der Waals surface area contributed by atoms with E-state index in [4.69, 9.17) is 4.74 Å². The summed E-state index contributed by atoms with van der Waals surface area (Å²) in [5.74, 6) is 0.218. The molecule has 0 aromatic rings. The second kappa shape index (κ2) is 5.94. The van der Waals surface area contributed by atoms with Crippen LogP contribution < -0.4 is 5.32 Å². The summed E-state index contributed by atoms with van der Waals surface area (Å²) in [6.45, 7) is 6.69. The van der Waals surface area contributed by atoms with Crippen molar-refractivity contribution in [3.05, 3.63) is 0 Å². The van der Waals surface area contributed by atoms with E-state index in [-0.39, 0.29) is 5.91 Å². The van der Waals surface area contributed by atoms with Gasteiger partial charge in [0, 0.05) is 32.8 Å². The summed E-state index contributed by atoms with van der Waals surface area (Å²) >= 11 is 0. The number of amides is 1. The quantitative estimate of drug-likeness (QED) is 0.621. The van der Waals surface area contributed by atoms with Gasteiger partial charge in [-0.05, 0) is 6.92 Å². The second-order valence-electron chi connectivity index (χ2n) is 3.08. The van der Waals surface area contributed by atoms with Crippen molar-refractivity contribution in [2.24, 2.45) is 0 Å². The molecule has 4 heteroatoms. The highest BCUT2D eigenvalue weighted by atomic mass is 16.5. The maximum absolute atomic E-state index is 11.5. The Morgan fingerprint density at radius 3 is 2.77 bits per heavy atom. The Bertz CT molecular complexity index is 156. The van der Waals surface area contributed by atoms with Crippen LogP contribution in [0.5, 0.6) is 0 Å². The fourth-order valence-electron chi connectivity index (χ4n) is 1.38. The van der Waals surface area contributed by atoms with Gasteiger partial charge in [-0.1, -0.05) is 0 Å². The van der Waals surface area contributed by atoms with Gasteiger partial charge in [0.05, 0.1) is 13.0 Å². The first-order valence-electron chi connectivity index (χ1n) is 4.91. The molecule has 0 saturated carbocycles. The second-order valence-corrected chi connectivity index (χ2v) is 3.08. The maximum atomic E-state index is 11.5. The lowest BCUT2D eigenvalue weighted by Gasteiger charge is -2.27. The SMILES string of the molecule is CCOCCC(=O)N1CCNCC1. The first kappa shape index (κ1) is 10.5. The van der Waals surface area contributed by atoms with Crippen molar-refractivity contribution in [1.29, 1.82) is 0 Å². The zero-order chi connectivity index (χ0) is 9.52. The molecule has 4 nitrogen and oxygen atoms in total. The molecule has 76 valence electrons. The Morgan fingerprint density at radius 2 is 2.15 bits per heavy atom. The molecule has 0 aliphatic carbocycles. The number of ether oxygens (including phenoxy) is 1. The average Bonchev–Trinajstić information content (AvgIpc) is 2.19. The summed E-state index contributed by atoms with van der Waals surface area (Å²) in [5, 5.41) is 3.21. The molecule has 0 unspecified atom stereocenters. The summed E-state index contributed by atoms with van der Waals surface area (Å²) in [6, 6.07) is 0.